The van der Waals surface area contributed by atoms with E-state index in [0.717, 1.165) is 33.2 Å². The molecule has 3 heteroatoms. The van der Waals surface area contributed by atoms with Crippen molar-refractivity contribution in [3.8, 4) is 22.4 Å². The van der Waals surface area contributed by atoms with E-state index >= 15 is 0 Å². The largest absolute Gasteiger partial charge is 0.500 e. The second-order valence-electron chi connectivity index (χ2n) is 9.14. The fourth-order valence-corrected chi connectivity index (χ4v) is 5.53. The van der Waals surface area contributed by atoms with Gasteiger partial charge in [-0.3, -0.25) is 0 Å². The fraction of sp³-hybridized carbons (Fsp3) is 0.100. The topological polar surface area (TPSA) is 26.0 Å². The van der Waals surface area contributed by atoms with Gasteiger partial charge in [0.1, 0.15) is 5.58 Å². The molecular formula is C30H20IrNO-. The van der Waals surface area contributed by atoms with Gasteiger partial charge in [-0.25, -0.2) is 0 Å². The molecule has 2 heterocycles. The summed E-state index contributed by atoms with van der Waals surface area (Å²) in [5, 5.41) is 4.80. The van der Waals surface area contributed by atoms with Crippen LogP contribution in [-0.4, -0.2) is 4.98 Å². The van der Waals surface area contributed by atoms with Crippen LogP contribution in [0, 0.1) is 6.07 Å². The maximum Gasteiger partial charge on any atom is 0.120 e. The summed E-state index contributed by atoms with van der Waals surface area (Å²) in [7, 11) is 0. The second kappa shape index (κ2) is 7.12. The van der Waals surface area contributed by atoms with E-state index in [4.69, 9.17) is 9.40 Å². The van der Waals surface area contributed by atoms with E-state index in [1.165, 1.54) is 33.0 Å². The number of rotatable bonds is 1. The molecule has 0 unspecified atom stereocenters. The van der Waals surface area contributed by atoms with Gasteiger partial charge >= 0.3 is 0 Å². The Labute approximate surface area is 205 Å². The Morgan fingerprint density at radius 2 is 1.61 bits per heavy atom. The average molecular weight is 603 g/mol. The zero-order chi connectivity index (χ0) is 21.4. The minimum Gasteiger partial charge on any atom is -0.500 e. The molecule has 0 bridgehead atoms. The molecule has 0 fully saturated rings. The van der Waals surface area contributed by atoms with Crippen molar-refractivity contribution >= 4 is 32.7 Å². The monoisotopic (exact) mass is 603 g/mol. The van der Waals surface area contributed by atoms with Crippen molar-refractivity contribution in [2.24, 2.45) is 0 Å². The van der Waals surface area contributed by atoms with Crippen molar-refractivity contribution < 1.29 is 24.5 Å². The predicted octanol–water partition coefficient (Wildman–Crippen LogP) is 7.91. The van der Waals surface area contributed by atoms with Gasteiger partial charge < -0.3 is 9.40 Å². The van der Waals surface area contributed by atoms with E-state index in [9.17, 15) is 0 Å². The number of para-hydroxylation sites is 1. The number of benzene rings is 4. The molecule has 0 atom stereocenters. The minimum absolute atomic E-state index is 0. The number of fused-ring (bicyclic) bond motifs is 8. The number of hydrogen-bond donors (Lipinski definition) is 0. The van der Waals surface area contributed by atoms with Crippen LogP contribution >= 0.6 is 0 Å². The van der Waals surface area contributed by atoms with Crippen molar-refractivity contribution in [2.75, 3.05) is 0 Å². The van der Waals surface area contributed by atoms with Gasteiger partial charge in [-0.05, 0) is 50.9 Å². The molecule has 7 rings (SSSR count). The van der Waals surface area contributed by atoms with Gasteiger partial charge in [0, 0.05) is 37.1 Å². The van der Waals surface area contributed by atoms with Gasteiger partial charge in [0.2, 0.25) is 0 Å². The Balaban J connectivity index is 0.00000206. The number of pyridine rings is 1. The Morgan fingerprint density at radius 3 is 2.48 bits per heavy atom. The van der Waals surface area contributed by atoms with Crippen LogP contribution in [0.1, 0.15) is 25.0 Å². The smallest absolute Gasteiger partial charge is 0.120 e. The molecule has 2 aromatic heterocycles. The van der Waals surface area contributed by atoms with Crippen LogP contribution in [0.5, 0.6) is 0 Å². The van der Waals surface area contributed by atoms with Crippen LogP contribution in [0.3, 0.4) is 0 Å². The summed E-state index contributed by atoms with van der Waals surface area (Å²) < 4.78 is 6.02. The molecule has 4 aromatic carbocycles. The fourth-order valence-electron chi connectivity index (χ4n) is 5.53. The first-order chi connectivity index (χ1) is 15.6. The maximum absolute atomic E-state index is 6.02. The van der Waals surface area contributed by atoms with Crippen LogP contribution in [0.15, 0.2) is 89.5 Å². The molecule has 0 spiro atoms. The van der Waals surface area contributed by atoms with Crippen LogP contribution in [0.2, 0.25) is 0 Å². The number of nitrogens with zero attached hydrogens (tertiary/aromatic N) is 1. The maximum atomic E-state index is 6.02. The van der Waals surface area contributed by atoms with Gasteiger partial charge in [-0.15, -0.1) is 23.8 Å². The summed E-state index contributed by atoms with van der Waals surface area (Å²) in [5.74, 6) is 0. The molecule has 1 aliphatic rings. The quantitative estimate of drug-likeness (QED) is 0.179. The molecule has 33 heavy (non-hydrogen) atoms. The zero-order valence-corrected chi connectivity index (χ0v) is 20.7. The molecule has 0 saturated carbocycles. The van der Waals surface area contributed by atoms with Gasteiger partial charge in [0.05, 0.1) is 5.58 Å². The van der Waals surface area contributed by atoms with Crippen LogP contribution < -0.4 is 0 Å². The molecule has 2 nitrogen and oxygen atoms in total. The average Bonchev–Trinajstić information content (AvgIpc) is 3.31. The number of furan rings is 1. The molecular weight excluding hydrogens is 583 g/mol. The van der Waals surface area contributed by atoms with Crippen molar-refractivity contribution in [3.63, 3.8) is 0 Å². The summed E-state index contributed by atoms with van der Waals surface area (Å²) >= 11 is 0. The van der Waals surface area contributed by atoms with Gasteiger partial charge in [0.15, 0.2) is 0 Å². The van der Waals surface area contributed by atoms with E-state index in [1.54, 1.807) is 0 Å². The third kappa shape index (κ3) is 2.73. The third-order valence-electron chi connectivity index (χ3n) is 7.01. The Hall–Kier alpha value is -3.26. The molecule has 1 aliphatic carbocycles. The SMILES string of the molecule is CC1(C)c2ccc3ccccc3c2-c2ccnc(-c3[c-]cc4oc5ccccc5c4c3)c21.[Ir]. The summed E-state index contributed by atoms with van der Waals surface area (Å²) in [4.78, 5) is 4.89. The van der Waals surface area contributed by atoms with Crippen molar-refractivity contribution in [2.45, 2.75) is 19.3 Å². The molecule has 0 N–H and O–H groups in total. The van der Waals surface area contributed by atoms with Crippen molar-refractivity contribution in [1.29, 1.82) is 0 Å². The zero-order valence-electron chi connectivity index (χ0n) is 18.3. The number of hydrogen-bond acceptors (Lipinski definition) is 2. The third-order valence-corrected chi connectivity index (χ3v) is 7.01. The van der Waals surface area contributed by atoms with Crippen molar-refractivity contribution in [1.82, 2.24) is 4.98 Å². The van der Waals surface area contributed by atoms with E-state index < -0.39 is 0 Å². The predicted molar refractivity (Wildman–Crippen MR) is 131 cm³/mol. The van der Waals surface area contributed by atoms with Gasteiger partial charge in [-0.2, -0.15) is 0 Å². The van der Waals surface area contributed by atoms with Crippen LogP contribution in [0.25, 0.3) is 55.1 Å². The van der Waals surface area contributed by atoms with Crippen LogP contribution in [-0.2, 0) is 25.5 Å². The normalized spacial score (nSPS) is 13.8. The Morgan fingerprint density at radius 1 is 0.818 bits per heavy atom. The standard InChI is InChI=1S/C30H20NO.Ir/c1-30(2)24-13-11-18-7-3-4-8-20(18)27(24)22-15-16-31-29(28(22)30)19-12-14-26-23(17-19)21-9-5-6-10-25(21)32-26;/h3-11,13-17H,1-2H3;/q-1;. The Kier molecular flexibility index (Phi) is 4.39. The summed E-state index contributed by atoms with van der Waals surface area (Å²) in [6.07, 6.45) is 1.94. The minimum atomic E-state index is -0.153. The second-order valence-corrected chi connectivity index (χ2v) is 9.14. The van der Waals surface area contributed by atoms with Crippen molar-refractivity contribution in [3.05, 3.63) is 102 Å². The molecule has 0 saturated heterocycles. The van der Waals surface area contributed by atoms with Gasteiger partial charge in [0.25, 0.3) is 0 Å². The molecule has 0 aliphatic heterocycles. The van der Waals surface area contributed by atoms with E-state index in [1.807, 2.05) is 24.4 Å². The first-order valence-corrected chi connectivity index (χ1v) is 11.0. The molecule has 6 aromatic rings. The Bertz CT molecular complexity index is 1710. The molecule has 1 radical (unpaired) electrons. The van der Waals surface area contributed by atoms with E-state index in [0.29, 0.717) is 0 Å². The molecule has 0 amide bonds. The summed E-state index contributed by atoms with van der Waals surface area (Å²) in [5.41, 5.74) is 8.85. The first-order valence-electron chi connectivity index (χ1n) is 11.0. The summed E-state index contributed by atoms with van der Waals surface area (Å²) in [6, 6.07) is 31.1. The van der Waals surface area contributed by atoms with E-state index in [-0.39, 0.29) is 25.5 Å². The summed E-state index contributed by atoms with van der Waals surface area (Å²) in [6.45, 7) is 4.62. The van der Waals surface area contributed by atoms with Crippen LogP contribution in [0.4, 0.5) is 0 Å². The first kappa shape index (κ1) is 20.4. The molecule has 161 valence electrons. The van der Waals surface area contributed by atoms with E-state index in [2.05, 4.69) is 80.6 Å². The number of aromatic nitrogens is 1. The van der Waals surface area contributed by atoms with Gasteiger partial charge in [-0.1, -0.05) is 73.8 Å².